The van der Waals surface area contributed by atoms with Crippen LogP contribution in [0.15, 0.2) is 0 Å². The van der Waals surface area contributed by atoms with E-state index in [0.717, 1.165) is 0 Å². The van der Waals surface area contributed by atoms with Crippen molar-refractivity contribution >= 4 is 24.6 Å². The molecule has 0 radical (unpaired) electrons. The second kappa shape index (κ2) is 6.67. The SMILES string of the molecule is NC(CC(S)CCCC(=O)O)C(=O)O. The zero-order chi connectivity index (χ0) is 11.1. The van der Waals surface area contributed by atoms with Gasteiger partial charge in [-0.25, -0.2) is 0 Å². The molecule has 0 heterocycles. The molecule has 0 aliphatic rings. The van der Waals surface area contributed by atoms with Gasteiger partial charge in [-0.3, -0.25) is 9.59 Å². The average molecular weight is 221 g/mol. The highest BCUT2D eigenvalue weighted by molar-refractivity contribution is 7.80. The quantitative estimate of drug-likeness (QED) is 0.464. The van der Waals surface area contributed by atoms with Gasteiger partial charge in [0, 0.05) is 11.7 Å². The minimum absolute atomic E-state index is 0.0827. The third kappa shape index (κ3) is 6.73. The molecule has 2 atom stereocenters. The van der Waals surface area contributed by atoms with Gasteiger partial charge < -0.3 is 15.9 Å². The Morgan fingerprint density at radius 1 is 1.36 bits per heavy atom. The van der Waals surface area contributed by atoms with Crippen molar-refractivity contribution in [3.05, 3.63) is 0 Å². The minimum atomic E-state index is -1.05. The number of aliphatic carboxylic acids is 2. The van der Waals surface area contributed by atoms with E-state index in [9.17, 15) is 9.59 Å². The first kappa shape index (κ1) is 13.2. The van der Waals surface area contributed by atoms with Gasteiger partial charge in [0.15, 0.2) is 0 Å². The summed E-state index contributed by atoms with van der Waals surface area (Å²) in [7, 11) is 0. The van der Waals surface area contributed by atoms with Crippen molar-refractivity contribution in [3.8, 4) is 0 Å². The van der Waals surface area contributed by atoms with Gasteiger partial charge in [0.25, 0.3) is 0 Å². The molecule has 0 aromatic carbocycles. The molecule has 2 unspecified atom stereocenters. The first-order chi connectivity index (χ1) is 6.43. The zero-order valence-electron chi connectivity index (χ0n) is 7.72. The molecule has 0 amide bonds. The van der Waals surface area contributed by atoms with Crippen molar-refractivity contribution in [2.75, 3.05) is 0 Å². The van der Waals surface area contributed by atoms with Crippen LogP contribution in [0.2, 0.25) is 0 Å². The van der Waals surface area contributed by atoms with Crippen molar-refractivity contribution in [2.45, 2.75) is 37.0 Å². The van der Waals surface area contributed by atoms with E-state index in [2.05, 4.69) is 12.6 Å². The van der Waals surface area contributed by atoms with Crippen LogP contribution < -0.4 is 5.73 Å². The fraction of sp³-hybridized carbons (Fsp3) is 0.750. The van der Waals surface area contributed by atoms with Gasteiger partial charge in [0.1, 0.15) is 6.04 Å². The number of hydrogen-bond donors (Lipinski definition) is 4. The number of carboxylic acids is 2. The first-order valence-electron chi connectivity index (χ1n) is 4.31. The van der Waals surface area contributed by atoms with Crippen LogP contribution in [0.5, 0.6) is 0 Å². The van der Waals surface area contributed by atoms with Crippen molar-refractivity contribution in [1.82, 2.24) is 0 Å². The van der Waals surface area contributed by atoms with Crippen molar-refractivity contribution < 1.29 is 19.8 Å². The van der Waals surface area contributed by atoms with E-state index in [4.69, 9.17) is 15.9 Å². The molecule has 0 bridgehead atoms. The molecule has 14 heavy (non-hydrogen) atoms. The van der Waals surface area contributed by atoms with E-state index in [0.29, 0.717) is 12.8 Å². The number of hydrogen-bond acceptors (Lipinski definition) is 4. The van der Waals surface area contributed by atoms with Gasteiger partial charge >= 0.3 is 11.9 Å². The van der Waals surface area contributed by atoms with E-state index < -0.39 is 18.0 Å². The van der Waals surface area contributed by atoms with Crippen molar-refractivity contribution in [1.29, 1.82) is 0 Å². The highest BCUT2D eigenvalue weighted by atomic mass is 32.1. The number of thiol groups is 1. The molecule has 6 heteroatoms. The molecule has 0 fully saturated rings. The maximum atomic E-state index is 10.4. The largest absolute Gasteiger partial charge is 0.481 e. The molecule has 0 aromatic rings. The van der Waals surface area contributed by atoms with Crippen LogP contribution in [0.1, 0.15) is 25.7 Å². The Labute approximate surface area is 87.7 Å². The molecular weight excluding hydrogens is 206 g/mol. The Balaban J connectivity index is 3.59. The average Bonchev–Trinajstić information content (AvgIpc) is 2.02. The summed E-state index contributed by atoms with van der Waals surface area (Å²) in [6.07, 6.45) is 1.41. The van der Waals surface area contributed by atoms with Gasteiger partial charge in [-0.2, -0.15) is 12.6 Å². The number of carbonyl (C=O) groups is 2. The monoisotopic (exact) mass is 221 g/mol. The highest BCUT2D eigenvalue weighted by Crippen LogP contribution is 2.12. The third-order valence-corrected chi connectivity index (χ3v) is 2.24. The molecule has 0 aromatic heterocycles. The number of rotatable bonds is 7. The van der Waals surface area contributed by atoms with Crippen LogP contribution in [0.25, 0.3) is 0 Å². The van der Waals surface area contributed by atoms with E-state index >= 15 is 0 Å². The molecule has 0 aliphatic heterocycles. The second-order valence-corrected chi connectivity index (χ2v) is 3.85. The lowest BCUT2D eigenvalue weighted by Gasteiger charge is -2.12. The smallest absolute Gasteiger partial charge is 0.320 e. The molecule has 0 rings (SSSR count). The lowest BCUT2D eigenvalue weighted by atomic mass is 10.1. The van der Waals surface area contributed by atoms with Gasteiger partial charge in [-0.05, 0) is 19.3 Å². The number of carboxylic acid groups (broad SMARTS) is 2. The molecule has 0 saturated carbocycles. The topological polar surface area (TPSA) is 101 Å². The summed E-state index contributed by atoms with van der Waals surface area (Å²) in [6.45, 7) is 0. The van der Waals surface area contributed by atoms with Crippen molar-refractivity contribution in [3.63, 3.8) is 0 Å². The zero-order valence-corrected chi connectivity index (χ0v) is 8.61. The summed E-state index contributed by atoms with van der Waals surface area (Å²) in [5.41, 5.74) is 5.28. The Bertz CT molecular complexity index is 210. The predicted octanol–water partition coefficient (Wildman–Crippen LogP) is 0.342. The van der Waals surface area contributed by atoms with E-state index in [-0.39, 0.29) is 18.1 Å². The first-order valence-corrected chi connectivity index (χ1v) is 4.83. The lowest BCUT2D eigenvalue weighted by molar-refractivity contribution is -0.139. The Kier molecular flexibility index (Phi) is 6.31. The van der Waals surface area contributed by atoms with Crippen LogP contribution in [-0.4, -0.2) is 33.4 Å². The Morgan fingerprint density at radius 2 is 1.93 bits per heavy atom. The van der Waals surface area contributed by atoms with E-state index in [1.165, 1.54) is 0 Å². The second-order valence-electron chi connectivity index (χ2n) is 3.12. The normalized spacial score (nSPS) is 14.7. The van der Waals surface area contributed by atoms with Crippen molar-refractivity contribution in [2.24, 2.45) is 5.73 Å². The Morgan fingerprint density at radius 3 is 2.36 bits per heavy atom. The number of nitrogens with two attached hydrogens (primary N) is 1. The lowest BCUT2D eigenvalue weighted by Crippen LogP contribution is -2.32. The maximum absolute atomic E-state index is 10.4. The molecule has 0 saturated heterocycles. The molecule has 0 aliphatic carbocycles. The van der Waals surface area contributed by atoms with Gasteiger partial charge in [0.2, 0.25) is 0 Å². The van der Waals surface area contributed by atoms with E-state index in [1.54, 1.807) is 0 Å². The summed E-state index contributed by atoms with van der Waals surface area (Å²) in [4.78, 5) is 20.5. The minimum Gasteiger partial charge on any atom is -0.481 e. The Hall–Kier alpha value is -0.750. The third-order valence-electron chi connectivity index (χ3n) is 1.77. The van der Waals surface area contributed by atoms with Crippen LogP contribution in [-0.2, 0) is 9.59 Å². The summed E-state index contributed by atoms with van der Waals surface area (Å²) >= 11 is 4.13. The van der Waals surface area contributed by atoms with Crippen LogP contribution in [0.3, 0.4) is 0 Å². The molecule has 4 N–H and O–H groups in total. The van der Waals surface area contributed by atoms with E-state index in [1.807, 2.05) is 0 Å². The van der Waals surface area contributed by atoms with Gasteiger partial charge in [0.05, 0.1) is 0 Å². The molecule has 82 valence electrons. The fourth-order valence-electron chi connectivity index (χ4n) is 1.00. The highest BCUT2D eigenvalue weighted by Gasteiger charge is 2.15. The fourth-order valence-corrected chi connectivity index (χ4v) is 1.41. The molecule has 0 spiro atoms. The summed E-state index contributed by atoms with van der Waals surface area (Å²) < 4.78 is 0. The van der Waals surface area contributed by atoms with Crippen LogP contribution in [0, 0.1) is 0 Å². The summed E-state index contributed by atoms with van der Waals surface area (Å²) in [5, 5.41) is 16.7. The van der Waals surface area contributed by atoms with Gasteiger partial charge in [-0.15, -0.1) is 0 Å². The van der Waals surface area contributed by atoms with Gasteiger partial charge in [-0.1, -0.05) is 0 Å². The van der Waals surface area contributed by atoms with Crippen LogP contribution in [0.4, 0.5) is 0 Å². The maximum Gasteiger partial charge on any atom is 0.320 e. The van der Waals surface area contributed by atoms with Crippen LogP contribution >= 0.6 is 12.6 Å². The molecule has 5 nitrogen and oxygen atoms in total. The predicted molar refractivity (Wildman–Crippen MR) is 54.5 cm³/mol. The molecular formula is C8H15NO4S. The summed E-state index contributed by atoms with van der Waals surface area (Å²) in [6, 6.07) is -0.915. The summed E-state index contributed by atoms with van der Waals surface area (Å²) in [5.74, 6) is -1.91. The standard InChI is InChI=1S/C8H15NO4S/c9-6(8(12)13)4-5(14)2-1-3-7(10)11/h5-6,14H,1-4,9H2,(H,10,11)(H,12,13).